The summed E-state index contributed by atoms with van der Waals surface area (Å²) in [6, 6.07) is 5.74. The van der Waals surface area contributed by atoms with Gasteiger partial charge in [-0.25, -0.2) is 8.78 Å². The van der Waals surface area contributed by atoms with Crippen LogP contribution in [-0.2, 0) is 0 Å². The Morgan fingerprint density at radius 2 is 1.76 bits per heavy atom. The molecule has 0 saturated heterocycles. The molecule has 0 fully saturated rings. The van der Waals surface area contributed by atoms with Crippen LogP contribution in [0.25, 0.3) is 0 Å². The number of halogens is 2. The number of nitrogens with two attached hydrogens (primary N) is 1. The first-order valence-corrected chi connectivity index (χ1v) is 5.69. The summed E-state index contributed by atoms with van der Waals surface area (Å²) in [6.07, 6.45) is 0. The maximum Gasteiger partial charge on any atom is 0.282 e. The number of carbonyl (C=O) groups is 1. The number of amides is 1. The highest BCUT2D eigenvalue weighted by atomic mass is 19.1. The molecule has 0 unspecified atom stereocenters. The molecule has 21 heavy (non-hydrogen) atoms. The molecule has 2 rings (SSSR count). The predicted octanol–water partition coefficient (Wildman–Crippen LogP) is 2.71. The molecule has 2 aromatic rings. The third kappa shape index (κ3) is 3.11. The van der Waals surface area contributed by atoms with Crippen molar-refractivity contribution in [1.82, 2.24) is 0 Å². The van der Waals surface area contributed by atoms with Crippen LogP contribution in [-0.4, -0.2) is 10.8 Å². The van der Waals surface area contributed by atoms with Crippen molar-refractivity contribution < 1.29 is 18.5 Å². The molecule has 0 aromatic heterocycles. The molecular formula is C13H9F2N3O3. The number of hydrogen-bond donors (Lipinski definition) is 2. The van der Waals surface area contributed by atoms with Crippen LogP contribution in [0.4, 0.5) is 25.8 Å². The highest BCUT2D eigenvalue weighted by Crippen LogP contribution is 2.24. The van der Waals surface area contributed by atoms with E-state index in [1.165, 1.54) is 6.07 Å². The minimum absolute atomic E-state index is 0.0569. The average Bonchev–Trinajstić information content (AvgIpc) is 2.42. The molecule has 0 radical (unpaired) electrons. The summed E-state index contributed by atoms with van der Waals surface area (Å²) < 4.78 is 26.3. The van der Waals surface area contributed by atoms with Gasteiger partial charge in [-0.3, -0.25) is 14.9 Å². The Labute approximate surface area is 117 Å². The maximum atomic E-state index is 13.2. The van der Waals surface area contributed by atoms with Gasteiger partial charge in [0.05, 0.1) is 16.3 Å². The fourth-order valence-corrected chi connectivity index (χ4v) is 1.68. The molecular weight excluding hydrogens is 284 g/mol. The lowest BCUT2D eigenvalue weighted by Crippen LogP contribution is -2.15. The van der Waals surface area contributed by atoms with Crippen LogP contribution in [0.3, 0.4) is 0 Å². The van der Waals surface area contributed by atoms with E-state index in [2.05, 4.69) is 5.32 Å². The summed E-state index contributed by atoms with van der Waals surface area (Å²) in [5.74, 6) is -2.41. The molecule has 2 aromatic carbocycles. The van der Waals surface area contributed by atoms with Crippen LogP contribution in [0.1, 0.15) is 10.4 Å². The lowest BCUT2D eigenvalue weighted by Gasteiger charge is -2.08. The first kappa shape index (κ1) is 14.4. The predicted molar refractivity (Wildman–Crippen MR) is 71.8 cm³/mol. The van der Waals surface area contributed by atoms with Gasteiger partial charge in [0.15, 0.2) is 0 Å². The van der Waals surface area contributed by atoms with Gasteiger partial charge >= 0.3 is 0 Å². The van der Waals surface area contributed by atoms with Crippen molar-refractivity contribution in [3.8, 4) is 0 Å². The van der Waals surface area contributed by atoms with E-state index in [9.17, 15) is 23.7 Å². The molecule has 0 atom stereocenters. The Morgan fingerprint density at radius 1 is 1.14 bits per heavy atom. The first-order valence-electron chi connectivity index (χ1n) is 5.69. The van der Waals surface area contributed by atoms with Crippen molar-refractivity contribution in [3.05, 3.63) is 63.7 Å². The molecule has 6 nitrogen and oxygen atoms in total. The lowest BCUT2D eigenvalue weighted by molar-refractivity contribution is -0.385. The Hall–Kier alpha value is -3.03. The Kier molecular flexibility index (Phi) is 3.79. The van der Waals surface area contributed by atoms with Crippen LogP contribution in [0.5, 0.6) is 0 Å². The van der Waals surface area contributed by atoms with E-state index in [-0.39, 0.29) is 11.4 Å². The van der Waals surface area contributed by atoms with E-state index < -0.39 is 33.7 Å². The Balaban J connectivity index is 2.39. The number of rotatable bonds is 3. The average molecular weight is 293 g/mol. The third-order valence-electron chi connectivity index (χ3n) is 2.66. The molecule has 0 saturated carbocycles. The summed E-state index contributed by atoms with van der Waals surface area (Å²) in [5.41, 5.74) is 4.52. The van der Waals surface area contributed by atoms with Gasteiger partial charge < -0.3 is 11.1 Å². The second kappa shape index (κ2) is 5.53. The number of carbonyl (C=O) groups excluding carboxylic acids is 1. The van der Waals surface area contributed by atoms with Gasteiger partial charge in [0.25, 0.3) is 11.6 Å². The SMILES string of the molecule is Nc1ccc(F)cc1NC(=O)c1cc(F)ccc1[N+](=O)[O-]. The molecule has 0 bridgehead atoms. The standard InChI is InChI=1S/C13H9F2N3O3/c14-7-2-4-12(18(20)21)9(5-7)13(19)17-11-6-8(15)1-3-10(11)16/h1-6H,16H2,(H,17,19). The molecule has 0 aliphatic carbocycles. The van der Waals surface area contributed by atoms with Crippen molar-refractivity contribution >= 4 is 23.0 Å². The molecule has 0 spiro atoms. The lowest BCUT2D eigenvalue weighted by atomic mass is 10.1. The van der Waals surface area contributed by atoms with Crippen molar-refractivity contribution in [3.63, 3.8) is 0 Å². The number of nitrogen functional groups attached to an aromatic ring is 1. The molecule has 108 valence electrons. The second-order valence-corrected chi connectivity index (χ2v) is 4.10. The smallest absolute Gasteiger partial charge is 0.282 e. The normalized spacial score (nSPS) is 10.2. The van der Waals surface area contributed by atoms with E-state index >= 15 is 0 Å². The summed E-state index contributed by atoms with van der Waals surface area (Å²) in [5, 5.41) is 13.0. The van der Waals surface area contributed by atoms with Crippen LogP contribution < -0.4 is 11.1 Å². The third-order valence-corrected chi connectivity index (χ3v) is 2.66. The molecule has 0 heterocycles. The van der Waals surface area contributed by atoms with Crippen molar-refractivity contribution in [1.29, 1.82) is 0 Å². The second-order valence-electron chi connectivity index (χ2n) is 4.10. The van der Waals surface area contributed by atoms with Crippen molar-refractivity contribution in [2.45, 2.75) is 0 Å². The summed E-state index contributed by atoms with van der Waals surface area (Å²) in [4.78, 5) is 22.0. The molecule has 0 aliphatic rings. The van der Waals surface area contributed by atoms with Gasteiger partial charge in [-0.2, -0.15) is 0 Å². The van der Waals surface area contributed by atoms with Gasteiger partial charge in [-0.1, -0.05) is 0 Å². The van der Waals surface area contributed by atoms with E-state index in [0.717, 1.165) is 30.3 Å². The van der Waals surface area contributed by atoms with Crippen LogP contribution in [0.15, 0.2) is 36.4 Å². The highest BCUT2D eigenvalue weighted by Gasteiger charge is 2.21. The van der Waals surface area contributed by atoms with Crippen LogP contribution in [0, 0.1) is 21.7 Å². The largest absolute Gasteiger partial charge is 0.397 e. The summed E-state index contributed by atoms with van der Waals surface area (Å²) in [6.45, 7) is 0. The van der Waals surface area contributed by atoms with Gasteiger partial charge in [-0.15, -0.1) is 0 Å². The number of nitrogens with one attached hydrogen (secondary N) is 1. The van der Waals surface area contributed by atoms with Gasteiger partial charge in [0.1, 0.15) is 17.2 Å². The maximum absolute atomic E-state index is 13.2. The van der Waals surface area contributed by atoms with E-state index in [1.54, 1.807) is 0 Å². The molecule has 8 heteroatoms. The zero-order valence-electron chi connectivity index (χ0n) is 10.5. The number of nitro benzene ring substituents is 1. The zero-order chi connectivity index (χ0) is 15.6. The van der Waals surface area contributed by atoms with Crippen molar-refractivity contribution in [2.75, 3.05) is 11.1 Å². The summed E-state index contributed by atoms with van der Waals surface area (Å²) >= 11 is 0. The number of benzene rings is 2. The highest BCUT2D eigenvalue weighted by molar-refractivity contribution is 6.08. The quantitative estimate of drug-likeness (QED) is 0.516. The minimum atomic E-state index is -0.960. The topological polar surface area (TPSA) is 98.3 Å². The van der Waals surface area contributed by atoms with Gasteiger partial charge in [-0.05, 0) is 30.3 Å². The molecule has 3 N–H and O–H groups in total. The number of anilines is 2. The Morgan fingerprint density at radius 3 is 2.43 bits per heavy atom. The number of nitrogens with zero attached hydrogens (tertiary/aromatic N) is 1. The fourth-order valence-electron chi connectivity index (χ4n) is 1.68. The molecule has 0 aliphatic heterocycles. The van der Waals surface area contributed by atoms with E-state index in [1.807, 2.05) is 0 Å². The van der Waals surface area contributed by atoms with E-state index in [4.69, 9.17) is 5.73 Å². The van der Waals surface area contributed by atoms with Gasteiger partial charge in [0, 0.05) is 6.07 Å². The Bertz CT molecular complexity index is 735. The van der Waals surface area contributed by atoms with Crippen LogP contribution in [0.2, 0.25) is 0 Å². The first-order chi connectivity index (χ1) is 9.88. The fraction of sp³-hybridized carbons (Fsp3) is 0. The van der Waals surface area contributed by atoms with Gasteiger partial charge in [0.2, 0.25) is 0 Å². The monoisotopic (exact) mass is 293 g/mol. The molecule has 1 amide bonds. The number of nitro groups is 1. The number of hydrogen-bond acceptors (Lipinski definition) is 4. The van der Waals surface area contributed by atoms with E-state index in [0.29, 0.717) is 0 Å². The zero-order valence-corrected chi connectivity index (χ0v) is 10.5. The minimum Gasteiger partial charge on any atom is -0.397 e. The van der Waals surface area contributed by atoms with Crippen LogP contribution >= 0.6 is 0 Å². The van der Waals surface area contributed by atoms with Crippen molar-refractivity contribution in [2.24, 2.45) is 0 Å². The summed E-state index contributed by atoms with van der Waals surface area (Å²) in [7, 11) is 0.